The Morgan fingerprint density at radius 3 is 2.34 bits per heavy atom. The fourth-order valence-electron chi connectivity index (χ4n) is 4.30. The van der Waals surface area contributed by atoms with Crippen molar-refractivity contribution in [2.45, 2.75) is 50.0 Å². The minimum absolute atomic E-state index is 0.146. The monoisotopic (exact) mass is 466 g/mol. The standard InChI is InChI=1S/C22H30N2O7S/c1-16(21(25)23-9-2-3-10-23)31-22(26)17-7-11-24(12-8-17)32(27,28)18-5-6-19-20(15-18)30-14-4-13-29-19/h5-6,15-17H,2-4,7-14H2,1H3. The maximum absolute atomic E-state index is 13.1. The van der Waals surface area contributed by atoms with E-state index in [1.54, 1.807) is 17.9 Å². The second-order valence-corrected chi connectivity index (χ2v) is 10.4. The predicted molar refractivity (Wildman–Crippen MR) is 115 cm³/mol. The third-order valence-corrected chi connectivity index (χ3v) is 8.10. The summed E-state index contributed by atoms with van der Waals surface area (Å²) in [5.74, 6) is -0.0406. The first kappa shape index (κ1) is 22.8. The van der Waals surface area contributed by atoms with Gasteiger partial charge >= 0.3 is 5.97 Å². The van der Waals surface area contributed by atoms with E-state index in [9.17, 15) is 18.0 Å². The Morgan fingerprint density at radius 2 is 1.66 bits per heavy atom. The van der Waals surface area contributed by atoms with Crippen LogP contribution in [0.2, 0.25) is 0 Å². The molecule has 0 aromatic heterocycles. The zero-order chi connectivity index (χ0) is 22.7. The molecule has 176 valence electrons. The van der Waals surface area contributed by atoms with Crippen LogP contribution in [0.4, 0.5) is 0 Å². The van der Waals surface area contributed by atoms with Crippen molar-refractivity contribution in [3.63, 3.8) is 0 Å². The highest BCUT2D eigenvalue weighted by Gasteiger charge is 2.35. The molecule has 10 heteroatoms. The van der Waals surface area contributed by atoms with Crippen molar-refractivity contribution in [3.05, 3.63) is 18.2 Å². The van der Waals surface area contributed by atoms with Gasteiger partial charge in [0.25, 0.3) is 5.91 Å². The van der Waals surface area contributed by atoms with Gasteiger partial charge in [-0.05, 0) is 44.7 Å². The second kappa shape index (κ2) is 9.66. The van der Waals surface area contributed by atoms with Crippen molar-refractivity contribution in [1.29, 1.82) is 0 Å². The number of carbonyl (C=O) groups excluding carboxylic acids is 2. The molecule has 0 spiro atoms. The number of amides is 1. The lowest BCUT2D eigenvalue weighted by Gasteiger charge is -2.31. The van der Waals surface area contributed by atoms with Gasteiger partial charge < -0.3 is 19.1 Å². The number of nitrogens with zero attached hydrogens (tertiary/aromatic N) is 2. The molecular formula is C22H30N2O7S. The highest BCUT2D eigenvalue weighted by Crippen LogP contribution is 2.34. The zero-order valence-electron chi connectivity index (χ0n) is 18.3. The molecular weight excluding hydrogens is 436 g/mol. The van der Waals surface area contributed by atoms with Gasteiger partial charge in [0, 0.05) is 38.7 Å². The lowest BCUT2D eigenvalue weighted by molar-refractivity contribution is -0.163. The lowest BCUT2D eigenvalue weighted by atomic mass is 9.98. The van der Waals surface area contributed by atoms with Crippen LogP contribution < -0.4 is 9.47 Å². The minimum Gasteiger partial charge on any atom is -0.490 e. The van der Waals surface area contributed by atoms with Crippen LogP contribution in [0.5, 0.6) is 11.5 Å². The SMILES string of the molecule is CC(OC(=O)C1CCN(S(=O)(=O)c2ccc3c(c2)OCCCO3)CC1)C(=O)N1CCCC1. The molecule has 2 fully saturated rings. The Labute approximate surface area is 188 Å². The van der Waals surface area contributed by atoms with Gasteiger partial charge in [-0.15, -0.1) is 0 Å². The number of sulfonamides is 1. The normalized spacial score (nSPS) is 21.1. The molecule has 2 saturated heterocycles. The van der Waals surface area contributed by atoms with Crippen molar-refractivity contribution in [1.82, 2.24) is 9.21 Å². The largest absolute Gasteiger partial charge is 0.490 e. The zero-order valence-corrected chi connectivity index (χ0v) is 19.1. The van der Waals surface area contributed by atoms with Crippen LogP contribution in [-0.2, 0) is 24.3 Å². The van der Waals surface area contributed by atoms with Crippen molar-refractivity contribution in [3.8, 4) is 11.5 Å². The molecule has 3 aliphatic rings. The lowest BCUT2D eigenvalue weighted by Crippen LogP contribution is -2.43. The Kier molecular flexibility index (Phi) is 6.90. The van der Waals surface area contributed by atoms with Gasteiger partial charge in [0.2, 0.25) is 10.0 Å². The van der Waals surface area contributed by atoms with E-state index in [1.807, 2.05) is 0 Å². The molecule has 0 radical (unpaired) electrons. The van der Waals surface area contributed by atoms with Crippen molar-refractivity contribution < 1.29 is 32.2 Å². The summed E-state index contributed by atoms with van der Waals surface area (Å²) in [6.07, 6.45) is 2.58. The van der Waals surface area contributed by atoms with E-state index >= 15 is 0 Å². The fourth-order valence-corrected chi connectivity index (χ4v) is 5.79. The number of fused-ring (bicyclic) bond motifs is 1. The molecule has 1 unspecified atom stereocenters. The maximum atomic E-state index is 13.1. The van der Waals surface area contributed by atoms with Crippen LogP contribution in [0.15, 0.2) is 23.1 Å². The summed E-state index contributed by atoms with van der Waals surface area (Å²) in [4.78, 5) is 26.8. The predicted octanol–water partition coefficient (Wildman–Crippen LogP) is 1.80. The average Bonchev–Trinajstić information content (AvgIpc) is 3.23. The van der Waals surface area contributed by atoms with E-state index in [-0.39, 0.29) is 23.9 Å². The molecule has 3 heterocycles. The fraction of sp³-hybridized carbons (Fsp3) is 0.636. The molecule has 4 rings (SSSR count). The summed E-state index contributed by atoms with van der Waals surface area (Å²) in [5, 5.41) is 0. The summed E-state index contributed by atoms with van der Waals surface area (Å²) in [6.45, 7) is 4.44. The second-order valence-electron chi connectivity index (χ2n) is 8.45. The first-order valence-electron chi connectivity index (χ1n) is 11.3. The van der Waals surface area contributed by atoms with E-state index in [0.717, 1.165) is 19.3 Å². The topological polar surface area (TPSA) is 102 Å². The summed E-state index contributed by atoms with van der Waals surface area (Å²) in [5.41, 5.74) is 0. The number of carbonyl (C=O) groups is 2. The van der Waals surface area contributed by atoms with E-state index in [2.05, 4.69) is 0 Å². The van der Waals surface area contributed by atoms with E-state index in [0.29, 0.717) is 50.6 Å². The number of ether oxygens (including phenoxy) is 3. The van der Waals surface area contributed by atoms with E-state index < -0.39 is 28.0 Å². The average molecular weight is 467 g/mol. The van der Waals surface area contributed by atoms with Crippen molar-refractivity contribution in [2.24, 2.45) is 5.92 Å². The van der Waals surface area contributed by atoms with E-state index in [1.165, 1.54) is 16.4 Å². The van der Waals surface area contributed by atoms with Gasteiger partial charge in [-0.2, -0.15) is 4.31 Å². The molecule has 1 amide bonds. The van der Waals surface area contributed by atoms with Gasteiger partial charge in [0.1, 0.15) is 0 Å². The highest BCUT2D eigenvalue weighted by molar-refractivity contribution is 7.89. The first-order valence-corrected chi connectivity index (χ1v) is 12.7. The van der Waals surface area contributed by atoms with Crippen LogP contribution in [-0.4, -0.2) is 75.0 Å². The number of likely N-dealkylation sites (tertiary alicyclic amines) is 1. The Morgan fingerprint density at radius 1 is 1.00 bits per heavy atom. The van der Waals surface area contributed by atoms with Gasteiger partial charge in [-0.25, -0.2) is 8.42 Å². The first-order chi connectivity index (χ1) is 15.4. The van der Waals surface area contributed by atoms with Crippen LogP contribution >= 0.6 is 0 Å². The number of piperidine rings is 1. The smallest absolute Gasteiger partial charge is 0.309 e. The maximum Gasteiger partial charge on any atom is 0.309 e. The molecule has 1 aromatic carbocycles. The van der Waals surface area contributed by atoms with Crippen LogP contribution in [0, 0.1) is 5.92 Å². The molecule has 1 atom stereocenters. The summed E-state index contributed by atoms with van der Waals surface area (Å²) < 4.78 is 44.2. The third kappa shape index (κ3) is 4.85. The van der Waals surface area contributed by atoms with Gasteiger partial charge in [0.05, 0.1) is 24.0 Å². The Hall–Kier alpha value is -2.33. The number of hydrogen-bond acceptors (Lipinski definition) is 7. The quantitative estimate of drug-likeness (QED) is 0.610. The number of esters is 1. The summed E-state index contributed by atoms with van der Waals surface area (Å²) >= 11 is 0. The van der Waals surface area contributed by atoms with Crippen LogP contribution in [0.25, 0.3) is 0 Å². The molecule has 32 heavy (non-hydrogen) atoms. The number of hydrogen-bond donors (Lipinski definition) is 0. The molecule has 3 aliphatic heterocycles. The van der Waals surface area contributed by atoms with Crippen LogP contribution in [0.3, 0.4) is 0 Å². The molecule has 1 aromatic rings. The number of rotatable bonds is 5. The molecule has 0 bridgehead atoms. The van der Waals surface area contributed by atoms with Gasteiger partial charge in [-0.3, -0.25) is 9.59 Å². The third-order valence-electron chi connectivity index (χ3n) is 6.20. The Balaban J connectivity index is 1.34. The van der Waals surface area contributed by atoms with Crippen molar-refractivity contribution in [2.75, 3.05) is 39.4 Å². The van der Waals surface area contributed by atoms with Gasteiger partial charge in [0.15, 0.2) is 17.6 Å². The molecule has 0 N–H and O–H groups in total. The summed E-state index contributed by atoms with van der Waals surface area (Å²) in [7, 11) is -3.72. The molecule has 0 saturated carbocycles. The van der Waals surface area contributed by atoms with E-state index in [4.69, 9.17) is 14.2 Å². The van der Waals surface area contributed by atoms with Gasteiger partial charge in [-0.1, -0.05) is 0 Å². The molecule has 9 nitrogen and oxygen atoms in total. The van der Waals surface area contributed by atoms with Crippen molar-refractivity contribution >= 4 is 21.9 Å². The summed E-state index contributed by atoms with van der Waals surface area (Å²) in [6, 6.07) is 4.65. The highest BCUT2D eigenvalue weighted by atomic mass is 32.2. The minimum atomic E-state index is -3.72. The van der Waals surface area contributed by atoms with Crippen LogP contribution in [0.1, 0.15) is 39.0 Å². The molecule has 0 aliphatic carbocycles. The number of benzene rings is 1. The Bertz CT molecular complexity index is 951.